The van der Waals surface area contributed by atoms with Crippen molar-refractivity contribution in [3.8, 4) is 11.3 Å². The minimum Gasteiger partial charge on any atom is -0.465 e. The molecule has 2 bridgehead atoms. The monoisotopic (exact) mass is 541 g/mol. The molecule has 1 aromatic carbocycles. The summed E-state index contributed by atoms with van der Waals surface area (Å²) in [6.07, 6.45) is 0.797. The molecule has 2 aliphatic heterocycles. The normalized spacial score (nSPS) is 22.8. The highest BCUT2D eigenvalue weighted by atomic mass is 19.4. The molecule has 1 aliphatic carbocycles. The van der Waals surface area contributed by atoms with Gasteiger partial charge in [0, 0.05) is 34.8 Å². The van der Waals surface area contributed by atoms with E-state index in [1.807, 2.05) is 6.92 Å². The fourth-order valence-corrected chi connectivity index (χ4v) is 6.13. The van der Waals surface area contributed by atoms with E-state index in [9.17, 15) is 18.0 Å². The van der Waals surface area contributed by atoms with Crippen LogP contribution in [0.4, 0.5) is 19.0 Å². The van der Waals surface area contributed by atoms with Crippen LogP contribution in [-0.2, 0) is 22.3 Å². The van der Waals surface area contributed by atoms with E-state index in [4.69, 9.17) is 19.0 Å². The number of halogens is 3. The predicted molar refractivity (Wildman–Crippen MR) is 136 cm³/mol. The second-order valence-corrected chi connectivity index (χ2v) is 10.7. The van der Waals surface area contributed by atoms with Gasteiger partial charge in [-0.25, -0.2) is 9.78 Å². The van der Waals surface area contributed by atoms with Gasteiger partial charge in [-0.15, -0.1) is 0 Å². The number of alkyl halides is 3. The quantitative estimate of drug-likeness (QED) is 0.318. The molecule has 39 heavy (non-hydrogen) atoms. The standard InChI is InChI=1S/C29H30F3N3O4/c1-16-11-18(28(36)37-2)12-25(33-16)35-19-9-10-20(35)14-21(13-19)38-15-23-26(34-39-27(23)17-7-8-17)22-5-3-4-6-24(22)29(30,31)32/h3-6,11-12,17,19-21H,7-10,13-15H2,1-2H3/t19-,20+,21?. The van der Waals surface area contributed by atoms with Crippen LogP contribution in [-0.4, -0.2) is 41.4 Å². The molecule has 206 valence electrons. The van der Waals surface area contributed by atoms with Gasteiger partial charge in [0.1, 0.15) is 17.3 Å². The molecule has 0 spiro atoms. The first-order valence-electron chi connectivity index (χ1n) is 13.3. The van der Waals surface area contributed by atoms with Crippen molar-refractivity contribution in [1.29, 1.82) is 0 Å². The first-order valence-corrected chi connectivity index (χ1v) is 13.3. The van der Waals surface area contributed by atoms with E-state index in [0.717, 1.165) is 56.1 Å². The minimum atomic E-state index is -4.50. The first kappa shape index (κ1) is 25.9. The number of pyridine rings is 1. The molecule has 4 heterocycles. The third kappa shape index (κ3) is 5.02. The van der Waals surface area contributed by atoms with E-state index in [0.29, 0.717) is 16.9 Å². The molecule has 0 amide bonds. The van der Waals surface area contributed by atoms with Crippen molar-refractivity contribution < 1.29 is 32.0 Å². The number of aryl methyl sites for hydroxylation is 1. The summed E-state index contributed by atoms with van der Waals surface area (Å²) in [5, 5.41) is 4.11. The third-order valence-corrected chi connectivity index (χ3v) is 8.03. The average molecular weight is 542 g/mol. The van der Waals surface area contributed by atoms with E-state index in [1.165, 1.54) is 19.2 Å². The Morgan fingerprint density at radius 2 is 1.82 bits per heavy atom. The van der Waals surface area contributed by atoms with Crippen molar-refractivity contribution in [3.63, 3.8) is 0 Å². The summed E-state index contributed by atoms with van der Waals surface area (Å²) in [6.45, 7) is 2.01. The molecular weight excluding hydrogens is 511 g/mol. The number of carbonyl (C=O) groups excluding carboxylic acids is 1. The second kappa shape index (κ2) is 9.97. The minimum absolute atomic E-state index is 0.0149. The number of carbonyl (C=O) groups is 1. The van der Waals surface area contributed by atoms with Crippen LogP contribution < -0.4 is 4.90 Å². The number of aromatic nitrogens is 2. The maximum atomic E-state index is 13.8. The lowest BCUT2D eigenvalue weighted by molar-refractivity contribution is -0.137. The molecule has 0 N–H and O–H groups in total. The summed E-state index contributed by atoms with van der Waals surface area (Å²) in [6, 6.07) is 9.38. The molecule has 6 rings (SSSR count). The highest BCUT2D eigenvalue weighted by Gasteiger charge is 2.43. The number of anilines is 1. The fourth-order valence-electron chi connectivity index (χ4n) is 6.13. The summed E-state index contributed by atoms with van der Waals surface area (Å²) in [4.78, 5) is 19.1. The van der Waals surface area contributed by atoms with Gasteiger partial charge in [0.15, 0.2) is 0 Å². The number of rotatable bonds is 7. The molecule has 1 saturated carbocycles. The van der Waals surface area contributed by atoms with Gasteiger partial charge in [-0.3, -0.25) is 0 Å². The summed E-state index contributed by atoms with van der Waals surface area (Å²) >= 11 is 0. The smallest absolute Gasteiger partial charge is 0.417 e. The van der Waals surface area contributed by atoms with E-state index in [1.54, 1.807) is 18.2 Å². The van der Waals surface area contributed by atoms with Gasteiger partial charge in [-0.2, -0.15) is 13.2 Å². The first-order chi connectivity index (χ1) is 18.7. The number of methoxy groups -OCH3 is 1. The molecule has 2 aromatic heterocycles. The number of ether oxygens (including phenoxy) is 2. The maximum absolute atomic E-state index is 13.8. The molecule has 2 saturated heterocycles. The predicted octanol–water partition coefficient (Wildman–Crippen LogP) is 6.44. The van der Waals surface area contributed by atoms with Crippen molar-refractivity contribution in [1.82, 2.24) is 10.1 Å². The number of hydrogen-bond acceptors (Lipinski definition) is 7. The molecule has 3 aliphatic rings. The Labute approximate surface area is 224 Å². The van der Waals surface area contributed by atoms with E-state index in [-0.39, 0.29) is 42.0 Å². The lowest BCUT2D eigenvalue weighted by Crippen LogP contribution is -2.46. The van der Waals surface area contributed by atoms with E-state index < -0.39 is 17.7 Å². The van der Waals surface area contributed by atoms with Gasteiger partial charge in [-0.1, -0.05) is 23.4 Å². The van der Waals surface area contributed by atoms with Crippen molar-refractivity contribution in [2.45, 2.75) is 82.3 Å². The SMILES string of the molecule is COC(=O)c1cc(C)nc(N2[C@@H]3CC[C@H]2CC(OCc2c(-c4ccccc4C(F)(F)F)noc2C2CC2)C3)c1. The van der Waals surface area contributed by atoms with Gasteiger partial charge in [0.2, 0.25) is 0 Å². The van der Waals surface area contributed by atoms with Crippen LogP contribution in [0, 0.1) is 6.92 Å². The van der Waals surface area contributed by atoms with Gasteiger partial charge < -0.3 is 18.9 Å². The van der Waals surface area contributed by atoms with Crippen LogP contribution in [0.25, 0.3) is 11.3 Å². The van der Waals surface area contributed by atoms with Crippen molar-refractivity contribution >= 4 is 11.8 Å². The zero-order valence-electron chi connectivity index (χ0n) is 21.8. The number of piperidine rings is 1. The van der Waals surface area contributed by atoms with Crippen LogP contribution in [0.2, 0.25) is 0 Å². The van der Waals surface area contributed by atoms with Crippen LogP contribution in [0.1, 0.15) is 77.4 Å². The Bertz CT molecular complexity index is 1370. The summed E-state index contributed by atoms with van der Waals surface area (Å²) < 4.78 is 58.3. The Hall–Kier alpha value is -3.40. The number of fused-ring (bicyclic) bond motifs is 2. The highest BCUT2D eigenvalue weighted by molar-refractivity contribution is 5.90. The van der Waals surface area contributed by atoms with Crippen LogP contribution in [0.3, 0.4) is 0 Å². The molecule has 3 aromatic rings. The number of esters is 1. The van der Waals surface area contributed by atoms with E-state index >= 15 is 0 Å². The highest BCUT2D eigenvalue weighted by Crippen LogP contribution is 2.46. The Balaban J connectivity index is 1.22. The van der Waals surface area contributed by atoms with Crippen LogP contribution >= 0.6 is 0 Å². The fraction of sp³-hybridized carbons (Fsp3) is 0.483. The van der Waals surface area contributed by atoms with Crippen molar-refractivity contribution in [2.75, 3.05) is 12.0 Å². The Kier molecular flexibility index (Phi) is 6.61. The van der Waals surface area contributed by atoms with E-state index in [2.05, 4.69) is 10.1 Å². The average Bonchev–Trinajstić information content (AvgIpc) is 3.61. The summed E-state index contributed by atoms with van der Waals surface area (Å²) in [5.74, 6) is 1.19. The van der Waals surface area contributed by atoms with Gasteiger partial charge >= 0.3 is 12.1 Å². The van der Waals surface area contributed by atoms with Gasteiger partial charge in [0.25, 0.3) is 0 Å². The molecule has 3 fully saturated rings. The lowest BCUT2D eigenvalue weighted by atomic mass is 9.98. The van der Waals surface area contributed by atoms with Crippen molar-refractivity contribution in [2.24, 2.45) is 0 Å². The lowest BCUT2D eigenvalue weighted by Gasteiger charge is -2.40. The third-order valence-electron chi connectivity index (χ3n) is 8.03. The summed E-state index contributed by atoms with van der Waals surface area (Å²) in [7, 11) is 1.36. The molecule has 3 atom stereocenters. The zero-order chi connectivity index (χ0) is 27.3. The summed E-state index contributed by atoms with van der Waals surface area (Å²) in [5.41, 5.74) is 1.34. The largest absolute Gasteiger partial charge is 0.465 e. The second-order valence-electron chi connectivity index (χ2n) is 10.7. The Morgan fingerprint density at radius 1 is 1.10 bits per heavy atom. The number of nitrogens with zero attached hydrogens (tertiary/aromatic N) is 3. The number of hydrogen-bond donors (Lipinski definition) is 0. The molecule has 1 unspecified atom stereocenters. The maximum Gasteiger partial charge on any atom is 0.417 e. The topological polar surface area (TPSA) is 77.7 Å². The van der Waals surface area contributed by atoms with Crippen molar-refractivity contribution in [3.05, 3.63) is 64.5 Å². The molecule has 7 nitrogen and oxygen atoms in total. The molecular formula is C29H30F3N3O4. The van der Waals surface area contributed by atoms with Crippen LogP contribution in [0.15, 0.2) is 40.9 Å². The Morgan fingerprint density at radius 3 is 2.49 bits per heavy atom. The van der Waals surface area contributed by atoms with Crippen LogP contribution in [0.5, 0.6) is 0 Å². The van der Waals surface area contributed by atoms with Gasteiger partial charge in [0.05, 0.1) is 30.9 Å². The van der Waals surface area contributed by atoms with Gasteiger partial charge in [-0.05, 0) is 63.6 Å². The zero-order valence-corrected chi connectivity index (χ0v) is 21.8. The number of benzene rings is 1. The molecule has 10 heteroatoms. The molecule has 0 radical (unpaired) electrons.